The molecule has 0 radical (unpaired) electrons. The zero-order valence-corrected chi connectivity index (χ0v) is 14.2. The van der Waals surface area contributed by atoms with Gasteiger partial charge in [0, 0.05) is 19.6 Å². The number of nitrogens with one attached hydrogen (secondary N) is 1. The molecule has 1 atom stereocenters. The van der Waals surface area contributed by atoms with Crippen LogP contribution in [0.15, 0.2) is 48.5 Å². The molecule has 26 heavy (non-hydrogen) atoms. The Morgan fingerprint density at radius 2 is 2.08 bits per heavy atom. The SMILES string of the molecule is NC(=O)COc1cccc(CN2CCNC(=O)[C@H]2c2cccc(F)c2)c1. The van der Waals surface area contributed by atoms with Crippen molar-refractivity contribution in [3.8, 4) is 5.75 Å². The van der Waals surface area contributed by atoms with Gasteiger partial charge in [0.15, 0.2) is 6.61 Å². The molecule has 1 saturated heterocycles. The number of hydrogen-bond donors (Lipinski definition) is 2. The van der Waals surface area contributed by atoms with E-state index in [1.807, 2.05) is 17.0 Å². The van der Waals surface area contributed by atoms with Gasteiger partial charge in [0.1, 0.15) is 17.6 Å². The third-order valence-electron chi connectivity index (χ3n) is 4.14. The van der Waals surface area contributed by atoms with Crippen LogP contribution in [0.1, 0.15) is 17.2 Å². The molecular weight excluding hydrogens is 337 g/mol. The fourth-order valence-electron chi connectivity index (χ4n) is 3.05. The van der Waals surface area contributed by atoms with Gasteiger partial charge in [-0.3, -0.25) is 14.5 Å². The van der Waals surface area contributed by atoms with E-state index in [1.54, 1.807) is 24.3 Å². The molecular formula is C19H20FN3O3. The van der Waals surface area contributed by atoms with Crippen LogP contribution >= 0.6 is 0 Å². The van der Waals surface area contributed by atoms with Crippen LogP contribution < -0.4 is 15.8 Å². The number of hydrogen-bond acceptors (Lipinski definition) is 4. The number of carbonyl (C=O) groups is 2. The molecule has 0 aliphatic carbocycles. The van der Waals surface area contributed by atoms with E-state index in [0.717, 1.165) is 5.56 Å². The maximum Gasteiger partial charge on any atom is 0.255 e. The first-order valence-corrected chi connectivity index (χ1v) is 8.30. The van der Waals surface area contributed by atoms with E-state index in [0.29, 0.717) is 30.9 Å². The van der Waals surface area contributed by atoms with Crippen molar-refractivity contribution in [3.05, 3.63) is 65.5 Å². The highest BCUT2D eigenvalue weighted by molar-refractivity contribution is 5.83. The first-order valence-electron chi connectivity index (χ1n) is 8.30. The molecule has 3 rings (SSSR count). The number of nitrogens with zero attached hydrogens (tertiary/aromatic N) is 1. The molecule has 0 bridgehead atoms. The van der Waals surface area contributed by atoms with Crippen LogP contribution in [0.2, 0.25) is 0 Å². The predicted molar refractivity (Wildman–Crippen MR) is 93.7 cm³/mol. The van der Waals surface area contributed by atoms with E-state index < -0.39 is 11.9 Å². The van der Waals surface area contributed by atoms with Crippen molar-refractivity contribution in [2.24, 2.45) is 5.73 Å². The molecule has 0 aromatic heterocycles. The minimum atomic E-state index is -0.561. The highest BCUT2D eigenvalue weighted by atomic mass is 19.1. The van der Waals surface area contributed by atoms with E-state index in [2.05, 4.69) is 5.32 Å². The van der Waals surface area contributed by atoms with Gasteiger partial charge in [-0.15, -0.1) is 0 Å². The monoisotopic (exact) mass is 357 g/mol. The Balaban J connectivity index is 1.79. The Kier molecular flexibility index (Phi) is 5.48. The third kappa shape index (κ3) is 4.37. The first kappa shape index (κ1) is 17.9. The zero-order valence-electron chi connectivity index (χ0n) is 14.2. The summed E-state index contributed by atoms with van der Waals surface area (Å²) >= 11 is 0. The molecule has 2 aromatic rings. The Hall–Kier alpha value is -2.93. The van der Waals surface area contributed by atoms with Gasteiger partial charge >= 0.3 is 0 Å². The summed E-state index contributed by atoms with van der Waals surface area (Å²) < 4.78 is 18.9. The van der Waals surface area contributed by atoms with Gasteiger partial charge in [-0.1, -0.05) is 24.3 Å². The number of primary amides is 1. The highest BCUT2D eigenvalue weighted by Gasteiger charge is 2.31. The van der Waals surface area contributed by atoms with Crippen LogP contribution in [0.3, 0.4) is 0 Å². The normalized spacial score (nSPS) is 17.6. The summed E-state index contributed by atoms with van der Waals surface area (Å²) in [7, 11) is 0. The summed E-state index contributed by atoms with van der Waals surface area (Å²) in [4.78, 5) is 25.2. The van der Waals surface area contributed by atoms with Crippen molar-refractivity contribution in [3.63, 3.8) is 0 Å². The van der Waals surface area contributed by atoms with Crippen molar-refractivity contribution < 1.29 is 18.7 Å². The average molecular weight is 357 g/mol. The lowest BCUT2D eigenvalue weighted by Crippen LogP contribution is -2.49. The van der Waals surface area contributed by atoms with Crippen molar-refractivity contribution in [1.82, 2.24) is 10.2 Å². The Morgan fingerprint density at radius 3 is 2.85 bits per heavy atom. The second-order valence-electron chi connectivity index (χ2n) is 6.12. The lowest BCUT2D eigenvalue weighted by molar-refractivity contribution is -0.129. The van der Waals surface area contributed by atoms with E-state index >= 15 is 0 Å². The minimum absolute atomic E-state index is 0.150. The minimum Gasteiger partial charge on any atom is -0.484 e. The van der Waals surface area contributed by atoms with E-state index in [4.69, 9.17) is 10.5 Å². The third-order valence-corrected chi connectivity index (χ3v) is 4.14. The lowest BCUT2D eigenvalue weighted by Gasteiger charge is -2.35. The summed E-state index contributed by atoms with van der Waals surface area (Å²) in [6.07, 6.45) is 0. The number of amides is 2. The van der Waals surface area contributed by atoms with Crippen LogP contribution in [-0.4, -0.2) is 36.4 Å². The fourth-order valence-corrected chi connectivity index (χ4v) is 3.05. The van der Waals surface area contributed by atoms with Gasteiger partial charge in [0.2, 0.25) is 5.91 Å². The fraction of sp³-hybridized carbons (Fsp3) is 0.263. The summed E-state index contributed by atoms with van der Waals surface area (Å²) in [6, 6.07) is 12.8. The number of carbonyl (C=O) groups excluding carboxylic acids is 2. The molecule has 1 heterocycles. The smallest absolute Gasteiger partial charge is 0.255 e. The van der Waals surface area contributed by atoms with Crippen molar-refractivity contribution in [1.29, 1.82) is 0 Å². The summed E-state index contributed by atoms with van der Waals surface area (Å²) in [5.41, 5.74) is 6.62. The van der Waals surface area contributed by atoms with Crippen molar-refractivity contribution in [2.75, 3.05) is 19.7 Å². The molecule has 0 spiro atoms. The second-order valence-corrected chi connectivity index (χ2v) is 6.12. The Morgan fingerprint density at radius 1 is 1.27 bits per heavy atom. The van der Waals surface area contributed by atoms with Crippen molar-refractivity contribution >= 4 is 11.8 Å². The number of piperazine rings is 1. The molecule has 0 saturated carbocycles. The second kappa shape index (κ2) is 7.97. The van der Waals surface area contributed by atoms with Gasteiger partial charge in [0.05, 0.1) is 0 Å². The van der Waals surface area contributed by atoms with Crippen LogP contribution in [0, 0.1) is 5.82 Å². The maximum absolute atomic E-state index is 13.6. The molecule has 2 aromatic carbocycles. The average Bonchev–Trinajstić information content (AvgIpc) is 2.60. The standard InChI is InChI=1S/C19H20FN3O3/c20-15-5-2-4-14(10-15)18-19(25)22-7-8-23(18)11-13-3-1-6-16(9-13)26-12-17(21)24/h1-6,9-10,18H,7-8,11-12H2,(H2,21,24)(H,22,25)/t18-/m1/s1. The number of halogens is 1. The number of ether oxygens (including phenoxy) is 1. The summed E-state index contributed by atoms with van der Waals surface area (Å²) in [5, 5.41) is 2.83. The maximum atomic E-state index is 13.6. The highest BCUT2D eigenvalue weighted by Crippen LogP contribution is 2.26. The lowest BCUT2D eigenvalue weighted by atomic mass is 10.0. The van der Waals surface area contributed by atoms with Gasteiger partial charge in [-0.2, -0.15) is 0 Å². The van der Waals surface area contributed by atoms with Gasteiger partial charge in [-0.25, -0.2) is 4.39 Å². The van der Waals surface area contributed by atoms with E-state index in [1.165, 1.54) is 12.1 Å². The molecule has 3 N–H and O–H groups in total. The van der Waals surface area contributed by atoms with Gasteiger partial charge in [-0.05, 0) is 35.4 Å². The summed E-state index contributed by atoms with van der Waals surface area (Å²) in [6.45, 7) is 1.46. The number of rotatable bonds is 6. The van der Waals surface area contributed by atoms with Crippen LogP contribution in [0.5, 0.6) is 5.75 Å². The Bertz CT molecular complexity index is 812. The van der Waals surface area contributed by atoms with Crippen LogP contribution in [0.25, 0.3) is 0 Å². The molecule has 1 aliphatic rings. The molecule has 7 heteroatoms. The molecule has 1 fully saturated rings. The van der Waals surface area contributed by atoms with Crippen molar-refractivity contribution in [2.45, 2.75) is 12.6 Å². The number of benzene rings is 2. The summed E-state index contributed by atoms with van der Waals surface area (Å²) in [5.74, 6) is -0.537. The largest absolute Gasteiger partial charge is 0.484 e. The predicted octanol–water partition coefficient (Wildman–Crippen LogP) is 1.36. The molecule has 136 valence electrons. The van der Waals surface area contributed by atoms with E-state index in [9.17, 15) is 14.0 Å². The quantitative estimate of drug-likeness (QED) is 0.818. The Labute approximate surface area is 150 Å². The van der Waals surface area contributed by atoms with Gasteiger partial charge in [0.25, 0.3) is 5.91 Å². The molecule has 1 aliphatic heterocycles. The van der Waals surface area contributed by atoms with Crippen LogP contribution in [-0.2, 0) is 16.1 Å². The molecule has 0 unspecified atom stereocenters. The van der Waals surface area contributed by atoms with Crippen LogP contribution in [0.4, 0.5) is 4.39 Å². The first-order chi connectivity index (χ1) is 12.5. The van der Waals surface area contributed by atoms with E-state index in [-0.39, 0.29) is 18.3 Å². The zero-order chi connectivity index (χ0) is 18.5. The van der Waals surface area contributed by atoms with Gasteiger partial charge < -0.3 is 15.8 Å². The molecule has 6 nitrogen and oxygen atoms in total. The number of nitrogens with two attached hydrogens (primary N) is 1. The molecule has 2 amide bonds. The topological polar surface area (TPSA) is 84.7 Å².